The van der Waals surface area contributed by atoms with E-state index in [1.807, 2.05) is 0 Å². The Labute approximate surface area is 159 Å². The van der Waals surface area contributed by atoms with Crippen LogP contribution < -0.4 is 15.0 Å². The number of nitrogens with zero attached hydrogens (tertiary/aromatic N) is 1. The Morgan fingerprint density at radius 3 is 2.52 bits per heavy atom. The van der Waals surface area contributed by atoms with Crippen LogP contribution in [0.15, 0.2) is 48.0 Å². The Balaban J connectivity index is 2.02. The largest absolute Gasteiger partial charge is 0.504 e. The van der Waals surface area contributed by atoms with E-state index < -0.39 is 17.8 Å². The average Bonchev–Trinajstić information content (AvgIpc) is 2.63. The maximum absolute atomic E-state index is 12.8. The zero-order valence-corrected chi connectivity index (χ0v) is 15.0. The third kappa shape index (κ3) is 3.63. The van der Waals surface area contributed by atoms with Gasteiger partial charge in [-0.25, -0.2) is 9.69 Å². The van der Waals surface area contributed by atoms with Crippen molar-refractivity contribution in [2.75, 3.05) is 11.5 Å². The fourth-order valence-electron chi connectivity index (χ4n) is 2.57. The Hall–Kier alpha value is -3.32. The van der Waals surface area contributed by atoms with Crippen LogP contribution in [0.1, 0.15) is 12.5 Å². The van der Waals surface area contributed by atoms with Crippen molar-refractivity contribution in [2.45, 2.75) is 6.92 Å². The van der Waals surface area contributed by atoms with Crippen molar-refractivity contribution in [1.29, 1.82) is 0 Å². The van der Waals surface area contributed by atoms with Gasteiger partial charge in [0.1, 0.15) is 5.57 Å². The molecule has 0 spiro atoms. The third-order valence-corrected chi connectivity index (χ3v) is 4.07. The Morgan fingerprint density at radius 1 is 1.15 bits per heavy atom. The molecule has 1 saturated heterocycles. The maximum Gasteiger partial charge on any atom is 0.335 e. The van der Waals surface area contributed by atoms with Crippen molar-refractivity contribution in [3.63, 3.8) is 0 Å². The van der Waals surface area contributed by atoms with Gasteiger partial charge in [0.2, 0.25) is 0 Å². The molecule has 4 amide bonds. The molecule has 1 fully saturated rings. The van der Waals surface area contributed by atoms with E-state index in [0.29, 0.717) is 11.6 Å². The summed E-state index contributed by atoms with van der Waals surface area (Å²) in [5, 5.41) is 12.8. The summed E-state index contributed by atoms with van der Waals surface area (Å²) < 4.78 is 5.30. The van der Waals surface area contributed by atoms with Gasteiger partial charge in [-0.1, -0.05) is 23.7 Å². The molecule has 1 aliphatic rings. The van der Waals surface area contributed by atoms with E-state index in [2.05, 4.69) is 5.32 Å². The van der Waals surface area contributed by atoms with E-state index in [1.54, 1.807) is 19.1 Å². The van der Waals surface area contributed by atoms with Gasteiger partial charge in [0, 0.05) is 10.6 Å². The molecule has 2 N–H and O–H groups in total. The number of para-hydroxylation sites is 1. The lowest BCUT2D eigenvalue weighted by atomic mass is 10.1. The number of imide groups is 2. The second kappa shape index (κ2) is 7.51. The predicted molar refractivity (Wildman–Crippen MR) is 99.7 cm³/mol. The molecule has 8 heteroatoms. The molecule has 0 unspecified atom stereocenters. The number of hydrogen-bond acceptors (Lipinski definition) is 5. The number of rotatable bonds is 4. The van der Waals surface area contributed by atoms with Crippen molar-refractivity contribution < 1.29 is 24.2 Å². The standard InChI is InChI=1S/C19H15ClN2O5/c1-2-27-15-5-3-4-11(16(15)23)10-14-17(24)21-19(26)22(18(14)25)13-8-6-12(20)7-9-13/h3-10,23H,2H2,1H3,(H,21,24,26)/b14-10+. The molecule has 0 saturated carbocycles. The van der Waals surface area contributed by atoms with E-state index in [9.17, 15) is 19.5 Å². The number of carbonyl (C=O) groups excluding carboxylic acids is 3. The first kappa shape index (κ1) is 18.5. The number of phenols is 1. The summed E-state index contributed by atoms with van der Waals surface area (Å²) in [5.74, 6) is -1.65. The molecule has 0 radical (unpaired) electrons. The number of aromatic hydroxyl groups is 1. The lowest BCUT2D eigenvalue weighted by molar-refractivity contribution is -0.122. The molecular formula is C19H15ClN2O5. The monoisotopic (exact) mass is 386 g/mol. The number of phenolic OH excluding ortho intramolecular Hbond substituents is 1. The molecule has 1 aliphatic heterocycles. The number of benzene rings is 2. The maximum atomic E-state index is 12.8. The molecule has 0 aliphatic carbocycles. The van der Waals surface area contributed by atoms with E-state index >= 15 is 0 Å². The Kier molecular flexibility index (Phi) is 5.14. The first-order chi connectivity index (χ1) is 12.9. The van der Waals surface area contributed by atoms with Crippen LogP contribution in [-0.2, 0) is 9.59 Å². The van der Waals surface area contributed by atoms with Crippen LogP contribution in [0.2, 0.25) is 5.02 Å². The van der Waals surface area contributed by atoms with Crippen LogP contribution in [0, 0.1) is 0 Å². The summed E-state index contributed by atoms with van der Waals surface area (Å²) in [4.78, 5) is 38.0. The molecule has 138 valence electrons. The van der Waals surface area contributed by atoms with Crippen LogP contribution in [0.3, 0.4) is 0 Å². The average molecular weight is 387 g/mol. The normalized spacial score (nSPS) is 15.9. The van der Waals surface area contributed by atoms with Crippen LogP contribution in [0.4, 0.5) is 10.5 Å². The molecule has 3 rings (SSSR count). The van der Waals surface area contributed by atoms with Crippen LogP contribution >= 0.6 is 11.6 Å². The molecule has 7 nitrogen and oxygen atoms in total. The zero-order valence-electron chi connectivity index (χ0n) is 14.2. The molecule has 1 heterocycles. The first-order valence-corrected chi connectivity index (χ1v) is 8.42. The van der Waals surface area contributed by atoms with Gasteiger partial charge in [0.15, 0.2) is 11.5 Å². The highest BCUT2D eigenvalue weighted by Crippen LogP contribution is 2.32. The molecular weight excluding hydrogens is 372 g/mol. The van der Waals surface area contributed by atoms with Gasteiger partial charge in [-0.2, -0.15) is 0 Å². The van der Waals surface area contributed by atoms with Gasteiger partial charge >= 0.3 is 6.03 Å². The van der Waals surface area contributed by atoms with Gasteiger partial charge in [-0.05, 0) is 43.3 Å². The smallest absolute Gasteiger partial charge is 0.335 e. The van der Waals surface area contributed by atoms with Crippen LogP contribution in [0.25, 0.3) is 6.08 Å². The number of anilines is 1. The number of barbiturate groups is 1. The van der Waals surface area contributed by atoms with Crippen molar-refractivity contribution >= 4 is 41.2 Å². The lowest BCUT2D eigenvalue weighted by Crippen LogP contribution is -2.54. The highest BCUT2D eigenvalue weighted by molar-refractivity contribution is 6.39. The van der Waals surface area contributed by atoms with E-state index in [4.69, 9.17) is 16.3 Å². The quantitative estimate of drug-likeness (QED) is 0.621. The highest BCUT2D eigenvalue weighted by Gasteiger charge is 2.37. The number of halogens is 1. The number of ether oxygens (including phenoxy) is 1. The van der Waals surface area contributed by atoms with E-state index in [-0.39, 0.29) is 28.3 Å². The minimum absolute atomic E-state index is 0.206. The Morgan fingerprint density at radius 2 is 1.85 bits per heavy atom. The summed E-state index contributed by atoms with van der Waals surface area (Å²) in [7, 11) is 0. The molecule has 27 heavy (non-hydrogen) atoms. The minimum Gasteiger partial charge on any atom is -0.504 e. The second-order valence-electron chi connectivity index (χ2n) is 5.56. The highest BCUT2D eigenvalue weighted by atomic mass is 35.5. The molecule has 2 aromatic rings. The SMILES string of the molecule is CCOc1cccc(/C=C2\C(=O)NC(=O)N(c3ccc(Cl)cc3)C2=O)c1O. The summed E-state index contributed by atoms with van der Waals surface area (Å²) >= 11 is 5.83. The number of amides is 4. The van der Waals surface area contributed by atoms with Crippen molar-refractivity contribution in [3.05, 3.63) is 58.6 Å². The molecule has 2 aromatic carbocycles. The number of nitrogens with one attached hydrogen (secondary N) is 1. The minimum atomic E-state index is -0.864. The summed E-state index contributed by atoms with van der Waals surface area (Å²) in [6, 6.07) is 9.85. The summed E-state index contributed by atoms with van der Waals surface area (Å²) in [5.41, 5.74) is 0.172. The van der Waals surface area contributed by atoms with Gasteiger partial charge < -0.3 is 9.84 Å². The third-order valence-electron chi connectivity index (χ3n) is 3.82. The van der Waals surface area contributed by atoms with Gasteiger partial charge in [0.05, 0.1) is 12.3 Å². The lowest BCUT2D eigenvalue weighted by Gasteiger charge is -2.26. The van der Waals surface area contributed by atoms with Gasteiger partial charge in [-0.3, -0.25) is 14.9 Å². The van der Waals surface area contributed by atoms with Gasteiger partial charge in [0.25, 0.3) is 11.8 Å². The van der Waals surface area contributed by atoms with E-state index in [0.717, 1.165) is 4.90 Å². The summed E-state index contributed by atoms with van der Waals surface area (Å²) in [6.45, 7) is 2.10. The number of carbonyl (C=O) groups is 3. The molecule has 0 bridgehead atoms. The van der Waals surface area contributed by atoms with Crippen LogP contribution in [0.5, 0.6) is 11.5 Å². The van der Waals surface area contributed by atoms with E-state index in [1.165, 1.54) is 36.4 Å². The molecule has 0 atom stereocenters. The summed E-state index contributed by atoms with van der Waals surface area (Å²) in [6.07, 6.45) is 1.21. The van der Waals surface area contributed by atoms with Crippen molar-refractivity contribution in [2.24, 2.45) is 0 Å². The Bertz CT molecular complexity index is 953. The van der Waals surface area contributed by atoms with Crippen LogP contribution in [-0.4, -0.2) is 29.6 Å². The van der Waals surface area contributed by atoms with Gasteiger partial charge in [-0.15, -0.1) is 0 Å². The number of urea groups is 1. The topological polar surface area (TPSA) is 95.9 Å². The number of hydrogen-bond donors (Lipinski definition) is 2. The fourth-order valence-corrected chi connectivity index (χ4v) is 2.69. The predicted octanol–water partition coefficient (Wildman–Crippen LogP) is 3.11. The zero-order chi connectivity index (χ0) is 19.6. The van der Waals surface area contributed by atoms with Crippen molar-refractivity contribution in [3.8, 4) is 11.5 Å². The molecule has 0 aromatic heterocycles. The van der Waals surface area contributed by atoms with Crippen molar-refractivity contribution in [1.82, 2.24) is 5.32 Å². The first-order valence-electron chi connectivity index (χ1n) is 8.04. The second-order valence-corrected chi connectivity index (χ2v) is 6.00. The fraction of sp³-hybridized carbons (Fsp3) is 0.105.